The Morgan fingerprint density at radius 3 is 2.09 bits per heavy atom. The lowest BCUT2D eigenvalue weighted by Crippen LogP contribution is -2.38. The summed E-state index contributed by atoms with van der Waals surface area (Å²) < 4.78 is 0. The maximum Gasteiger partial charge on any atom is 0.254 e. The van der Waals surface area contributed by atoms with E-state index in [0.717, 1.165) is 36.8 Å². The number of benzene rings is 2. The second-order valence-corrected chi connectivity index (χ2v) is 8.80. The molecular weight excluding hydrogens is 420 g/mol. The van der Waals surface area contributed by atoms with Crippen LogP contribution in [-0.2, 0) is 0 Å². The normalized spacial score (nSPS) is 16.4. The van der Waals surface area contributed by atoms with Crippen molar-refractivity contribution in [1.29, 1.82) is 5.26 Å². The fourth-order valence-electron chi connectivity index (χ4n) is 4.60. The number of aryl methyl sites for hydroxylation is 1. The van der Waals surface area contributed by atoms with Crippen molar-refractivity contribution in [2.24, 2.45) is 0 Å². The minimum absolute atomic E-state index is 0.0231. The van der Waals surface area contributed by atoms with Crippen molar-refractivity contribution >= 4 is 22.8 Å². The summed E-state index contributed by atoms with van der Waals surface area (Å²) >= 11 is 5.87. The monoisotopic (exact) mass is 450 g/mol. The van der Waals surface area contributed by atoms with E-state index in [9.17, 15) is 9.59 Å². The molecular formula is C27H31ClN2O2. The third-order valence-electron chi connectivity index (χ3n) is 6.68. The molecule has 2 aromatic rings. The zero-order valence-electron chi connectivity index (χ0n) is 19.2. The SMILES string of the molecule is CC.Cc1cc(C2CCC2)c(C(=O)Cl)cc1C(=O)N1CCC(c2ccc(C#N)cc2)CC1. The van der Waals surface area contributed by atoms with Crippen LogP contribution in [0.3, 0.4) is 0 Å². The average molecular weight is 451 g/mol. The number of piperidine rings is 1. The first-order valence-corrected chi connectivity index (χ1v) is 12.0. The van der Waals surface area contributed by atoms with Crippen LogP contribution in [-0.4, -0.2) is 29.1 Å². The zero-order chi connectivity index (χ0) is 23.3. The first-order chi connectivity index (χ1) is 15.5. The molecule has 5 heteroatoms. The van der Waals surface area contributed by atoms with Crippen molar-refractivity contribution in [2.75, 3.05) is 13.1 Å². The highest BCUT2D eigenvalue weighted by molar-refractivity contribution is 6.68. The lowest BCUT2D eigenvalue weighted by Gasteiger charge is -2.33. The molecule has 2 aromatic carbocycles. The molecule has 32 heavy (non-hydrogen) atoms. The van der Waals surface area contributed by atoms with E-state index in [-0.39, 0.29) is 5.91 Å². The Morgan fingerprint density at radius 1 is 0.969 bits per heavy atom. The van der Waals surface area contributed by atoms with Crippen molar-refractivity contribution < 1.29 is 9.59 Å². The largest absolute Gasteiger partial charge is 0.339 e. The van der Waals surface area contributed by atoms with Crippen molar-refractivity contribution in [3.05, 3.63) is 69.8 Å². The highest BCUT2D eigenvalue weighted by Gasteiger charge is 2.29. The van der Waals surface area contributed by atoms with Crippen LogP contribution in [0, 0.1) is 18.3 Å². The topological polar surface area (TPSA) is 61.2 Å². The average Bonchev–Trinajstić information content (AvgIpc) is 2.79. The van der Waals surface area contributed by atoms with E-state index in [0.29, 0.717) is 41.6 Å². The molecule has 0 unspecified atom stereocenters. The maximum atomic E-state index is 13.2. The minimum atomic E-state index is -0.481. The molecule has 168 valence electrons. The van der Waals surface area contributed by atoms with Gasteiger partial charge in [0.2, 0.25) is 0 Å². The van der Waals surface area contributed by atoms with Crippen LogP contribution in [0.25, 0.3) is 0 Å². The van der Waals surface area contributed by atoms with Gasteiger partial charge in [0.1, 0.15) is 0 Å². The van der Waals surface area contributed by atoms with Crippen LogP contribution in [0.1, 0.15) is 101 Å². The first-order valence-electron chi connectivity index (χ1n) is 11.6. The molecule has 1 saturated carbocycles. The summed E-state index contributed by atoms with van der Waals surface area (Å²) in [5.74, 6) is 0.752. The summed E-state index contributed by atoms with van der Waals surface area (Å²) in [6.07, 6.45) is 5.10. The van der Waals surface area contributed by atoms with E-state index >= 15 is 0 Å². The molecule has 1 aliphatic carbocycles. The summed E-state index contributed by atoms with van der Waals surface area (Å²) in [7, 11) is 0. The van der Waals surface area contributed by atoms with Crippen LogP contribution >= 0.6 is 11.6 Å². The summed E-state index contributed by atoms with van der Waals surface area (Å²) in [5.41, 5.74) is 4.86. The van der Waals surface area contributed by atoms with Gasteiger partial charge in [-0.3, -0.25) is 9.59 Å². The van der Waals surface area contributed by atoms with E-state index in [1.165, 1.54) is 12.0 Å². The standard InChI is InChI=1S/C25H25ClN2O2.C2H6/c1-16-13-22(20-3-2-4-20)23(24(26)29)14-21(16)25(30)28-11-9-19(10-12-28)18-7-5-17(15-27)6-8-18;1-2/h5-8,13-14,19-20H,2-4,9-12H2,1H3;1-2H3. The minimum Gasteiger partial charge on any atom is -0.339 e. The summed E-state index contributed by atoms with van der Waals surface area (Å²) in [5, 5.41) is 8.48. The molecule has 0 spiro atoms. The van der Waals surface area contributed by atoms with Crippen molar-refractivity contribution in [2.45, 2.75) is 64.7 Å². The summed E-state index contributed by atoms with van der Waals surface area (Å²) in [6, 6.07) is 13.6. The molecule has 0 N–H and O–H groups in total. The lowest BCUT2D eigenvalue weighted by atomic mass is 9.77. The Bertz CT molecular complexity index is 1010. The molecule has 4 nitrogen and oxygen atoms in total. The molecule has 0 aromatic heterocycles. The number of halogens is 1. The predicted octanol–water partition coefficient (Wildman–Crippen LogP) is 6.56. The van der Waals surface area contributed by atoms with Crippen molar-refractivity contribution in [1.82, 2.24) is 4.90 Å². The number of nitrogens with zero attached hydrogens (tertiary/aromatic N) is 2. The summed E-state index contributed by atoms with van der Waals surface area (Å²) in [6.45, 7) is 7.30. The third-order valence-corrected chi connectivity index (χ3v) is 6.88. The first kappa shape index (κ1) is 24.0. The van der Waals surface area contributed by atoms with Crippen LogP contribution in [0.15, 0.2) is 36.4 Å². The number of carbonyl (C=O) groups excluding carboxylic acids is 2. The van der Waals surface area contributed by atoms with Gasteiger partial charge in [-0.25, -0.2) is 0 Å². The van der Waals surface area contributed by atoms with Gasteiger partial charge in [-0.05, 0) is 90.9 Å². The van der Waals surface area contributed by atoms with Crippen LogP contribution in [0.5, 0.6) is 0 Å². The number of carbonyl (C=O) groups is 2. The third kappa shape index (κ3) is 5.05. The van der Waals surface area contributed by atoms with E-state index < -0.39 is 5.24 Å². The molecule has 0 bridgehead atoms. The molecule has 0 radical (unpaired) electrons. The quantitative estimate of drug-likeness (QED) is 0.495. The molecule has 0 atom stereocenters. The van der Waals surface area contributed by atoms with Gasteiger partial charge in [-0.15, -0.1) is 0 Å². The van der Waals surface area contributed by atoms with Gasteiger partial charge in [-0.2, -0.15) is 5.26 Å². The zero-order valence-corrected chi connectivity index (χ0v) is 19.9. The molecule has 4 rings (SSSR count). The molecule has 1 amide bonds. The highest BCUT2D eigenvalue weighted by atomic mass is 35.5. The number of nitriles is 1. The molecule has 2 aliphatic rings. The molecule has 2 fully saturated rings. The maximum absolute atomic E-state index is 13.2. The Kier molecular flexibility index (Phi) is 8.10. The Morgan fingerprint density at radius 2 is 1.59 bits per heavy atom. The van der Waals surface area contributed by atoms with Gasteiger partial charge in [-0.1, -0.05) is 38.5 Å². The Hall–Kier alpha value is -2.64. The van der Waals surface area contributed by atoms with Gasteiger partial charge < -0.3 is 4.90 Å². The molecule has 1 saturated heterocycles. The highest BCUT2D eigenvalue weighted by Crippen LogP contribution is 2.39. The van der Waals surface area contributed by atoms with Gasteiger partial charge >= 0.3 is 0 Å². The van der Waals surface area contributed by atoms with Crippen molar-refractivity contribution in [3.8, 4) is 6.07 Å². The Balaban J connectivity index is 0.00000141. The fourth-order valence-corrected chi connectivity index (χ4v) is 4.77. The van der Waals surface area contributed by atoms with E-state index in [1.54, 1.807) is 6.07 Å². The van der Waals surface area contributed by atoms with E-state index in [4.69, 9.17) is 16.9 Å². The smallest absolute Gasteiger partial charge is 0.254 e. The van der Waals surface area contributed by atoms with E-state index in [1.807, 2.05) is 56.0 Å². The fraction of sp³-hybridized carbons (Fsp3) is 0.444. The number of hydrogen-bond acceptors (Lipinski definition) is 3. The summed E-state index contributed by atoms with van der Waals surface area (Å²) in [4.78, 5) is 27.1. The number of amides is 1. The number of hydrogen-bond donors (Lipinski definition) is 0. The molecule has 1 heterocycles. The second kappa shape index (κ2) is 10.8. The van der Waals surface area contributed by atoms with E-state index in [2.05, 4.69) is 6.07 Å². The molecule has 1 aliphatic heterocycles. The Labute approximate surface area is 196 Å². The van der Waals surface area contributed by atoms with Crippen LogP contribution in [0.2, 0.25) is 0 Å². The second-order valence-electron chi connectivity index (χ2n) is 8.46. The lowest BCUT2D eigenvalue weighted by molar-refractivity contribution is 0.0712. The predicted molar refractivity (Wildman–Crippen MR) is 128 cm³/mol. The van der Waals surface area contributed by atoms with Gasteiger partial charge in [0, 0.05) is 24.2 Å². The number of rotatable bonds is 4. The van der Waals surface area contributed by atoms with Crippen molar-refractivity contribution in [3.63, 3.8) is 0 Å². The van der Waals surface area contributed by atoms with Gasteiger partial charge in [0.05, 0.1) is 11.6 Å². The van der Waals surface area contributed by atoms with Gasteiger partial charge in [0.15, 0.2) is 0 Å². The van der Waals surface area contributed by atoms with Crippen LogP contribution in [0.4, 0.5) is 0 Å². The van der Waals surface area contributed by atoms with Gasteiger partial charge in [0.25, 0.3) is 11.1 Å². The van der Waals surface area contributed by atoms with Crippen LogP contribution < -0.4 is 0 Å². The number of likely N-dealkylation sites (tertiary alicyclic amines) is 1.